The third-order valence-corrected chi connectivity index (χ3v) is 4.28. The number of aromatic amines is 2. The molecule has 132 valence electrons. The Hall–Kier alpha value is -2.87. The van der Waals surface area contributed by atoms with Crippen LogP contribution in [0.3, 0.4) is 0 Å². The first-order chi connectivity index (χ1) is 12.0. The van der Waals surface area contributed by atoms with Gasteiger partial charge in [-0.3, -0.25) is 14.6 Å². The molecule has 1 aromatic carbocycles. The summed E-state index contributed by atoms with van der Waals surface area (Å²) >= 11 is 0. The van der Waals surface area contributed by atoms with Crippen LogP contribution >= 0.6 is 0 Å². The quantitative estimate of drug-likeness (QED) is 0.628. The number of hydrogen-bond acceptors (Lipinski definition) is 5. The predicted octanol–water partition coefficient (Wildman–Crippen LogP) is 0.513. The van der Waals surface area contributed by atoms with Gasteiger partial charge in [0.25, 0.3) is 11.5 Å². The highest BCUT2D eigenvalue weighted by molar-refractivity contribution is 5.97. The molecule has 1 amide bonds. The Morgan fingerprint density at radius 2 is 1.96 bits per heavy atom. The van der Waals surface area contributed by atoms with Crippen LogP contribution in [0.25, 0.3) is 0 Å². The van der Waals surface area contributed by atoms with Gasteiger partial charge >= 0.3 is 5.69 Å². The largest absolute Gasteiger partial charge is 0.392 e. The van der Waals surface area contributed by atoms with E-state index in [4.69, 9.17) is 10.5 Å². The molecule has 0 bridgehead atoms. The summed E-state index contributed by atoms with van der Waals surface area (Å²) in [6.07, 6.45) is 2.39. The number of aromatic nitrogens is 2. The van der Waals surface area contributed by atoms with Crippen molar-refractivity contribution in [2.24, 2.45) is 0 Å². The number of H-pyrrole nitrogens is 2. The van der Waals surface area contributed by atoms with E-state index in [-0.39, 0.29) is 23.5 Å². The van der Waals surface area contributed by atoms with Crippen LogP contribution in [0.4, 0.5) is 5.69 Å². The number of anilines is 1. The molecule has 0 radical (unpaired) electrons. The molecule has 25 heavy (non-hydrogen) atoms. The molecule has 1 saturated carbocycles. The Morgan fingerprint density at radius 1 is 1.20 bits per heavy atom. The number of carbonyl (C=O) groups is 1. The summed E-state index contributed by atoms with van der Waals surface area (Å²) in [5.41, 5.74) is 4.57. The molecule has 1 heterocycles. The number of nitrogen functional groups attached to an aromatic ring is 1. The number of ether oxygens (including phenoxy) is 1. The highest BCUT2D eigenvalue weighted by Gasteiger charge is 2.30. The van der Waals surface area contributed by atoms with E-state index < -0.39 is 17.2 Å². The first-order valence-corrected chi connectivity index (χ1v) is 8.13. The first kappa shape index (κ1) is 17.0. The molecule has 1 aliphatic rings. The lowest BCUT2D eigenvalue weighted by Gasteiger charge is -2.21. The molecular weight excluding hydrogens is 324 g/mol. The fourth-order valence-electron chi connectivity index (χ4n) is 2.98. The molecule has 8 nitrogen and oxygen atoms in total. The Balaban J connectivity index is 1.66. The monoisotopic (exact) mass is 344 g/mol. The molecule has 0 saturated heterocycles. The van der Waals surface area contributed by atoms with Gasteiger partial charge in [0.1, 0.15) is 11.4 Å². The number of nitrogens with two attached hydrogens (primary N) is 1. The van der Waals surface area contributed by atoms with Crippen molar-refractivity contribution in [3.05, 3.63) is 62.4 Å². The van der Waals surface area contributed by atoms with E-state index in [1.54, 1.807) is 0 Å². The van der Waals surface area contributed by atoms with Crippen molar-refractivity contribution < 1.29 is 9.53 Å². The molecule has 3 rings (SSSR count). The van der Waals surface area contributed by atoms with Crippen LogP contribution in [-0.4, -0.2) is 28.0 Å². The molecule has 0 spiro atoms. The summed E-state index contributed by atoms with van der Waals surface area (Å²) in [6, 6.07) is 9.58. The van der Waals surface area contributed by atoms with Gasteiger partial charge in [-0.15, -0.1) is 0 Å². The smallest absolute Gasteiger partial charge is 0.326 e. The summed E-state index contributed by atoms with van der Waals surface area (Å²) in [6.45, 7) is 0.460. The van der Waals surface area contributed by atoms with E-state index in [1.807, 2.05) is 35.3 Å². The highest BCUT2D eigenvalue weighted by atomic mass is 16.5. The average molecular weight is 344 g/mol. The van der Waals surface area contributed by atoms with Crippen molar-refractivity contribution >= 4 is 11.6 Å². The Labute approximate surface area is 143 Å². The molecule has 5 N–H and O–H groups in total. The summed E-state index contributed by atoms with van der Waals surface area (Å²) in [5, 5.41) is 2.81. The molecule has 1 fully saturated rings. The van der Waals surface area contributed by atoms with Gasteiger partial charge in [0, 0.05) is 0 Å². The Bertz CT molecular complexity index is 859. The van der Waals surface area contributed by atoms with E-state index in [0.717, 1.165) is 24.8 Å². The summed E-state index contributed by atoms with van der Waals surface area (Å²) in [4.78, 5) is 39.5. The van der Waals surface area contributed by atoms with Crippen LogP contribution in [-0.2, 0) is 11.3 Å². The zero-order valence-electron chi connectivity index (χ0n) is 13.6. The number of rotatable bonds is 5. The Kier molecular flexibility index (Phi) is 4.99. The van der Waals surface area contributed by atoms with Gasteiger partial charge < -0.3 is 20.8 Å². The van der Waals surface area contributed by atoms with Crippen molar-refractivity contribution in [2.45, 2.75) is 38.0 Å². The Morgan fingerprint density at radius 3 is 2.72 bits per heavy atom. The van der Waals surface area contributed by atoms with Crippen LogP contribution in [0.1, 0.15) is 35.3 Å². The van der Waals surface area contributed by atoms with Crippen LogP contribution in [0.5, 0.6) is 0 Å². The van der Waals surface area contributed by atoms with Gasteiger partial charge in [0.2, 0.25) is 0 Å². The summed E-state index contributed by atoms with van der Waals surface area (Å²) < 4.78 is 5.93. The number of amides is 1. The van der Waals surface area contributed by atoms with Gasteiger partial charge in [0.15, 0.2) is 0 Å². The molecule has 1 aliphatic carbocycles. The summed E-state index contributed by atoms with van der Waals surface area (Å²) in [7, 11) is 0. The molecule has 2 atom stereocenters. The number of hydrogen-bond donors (Lipinski definition) is 4. The number of benzene rings is 1. The molecule has 0 aliphatic heterocycles. The van der Waals surface area contributed by atoms with Crippen LogP contribution < -0.4 is 22.3 Å². The molecule has 8 heteroatoms. The van der Waals surface area contributed by atoms with E-state index in [9.17, 15) is 14.4 Å². The predicted molar refractivity (Wildman–Crippen MR) is 92.2 cm³/mol. The van der Waals surface area contributed by atoms with E-state index in [2.05, 4.69) is 10.3 Å². The third-order valence-electron chi connectivity index (χ3n) is 4.28. The minimum Gasteiger partial charge on any atom is -0.392 e. The normalized spacial score (nSPS) is 19.7. The van der Waals surface area contributed by atoms with E-state index in [0.29, 0.717) is 6.61 Å². The molecule has 1 aromatic heterocycles. The van der Waals surface area contributed by atoms with Gasteiger partial charge in [0.05, 0.1) is 18.8 Å². The maximum Gasteiger partial charge on any atom is 0.326 e. The lowest BCUT2D eigenvalue weighted by atomic mass is 10.2. The van der Waals surface area contributed by atoms with Crippen molar-refractivity contribution in [1.29, 1.82) is 0 Å². The van der Waals surface area contributed by atoms with Crippen LogP contribution in [0.15, 0.2) is 39.9 Å². The zero-order valence-corrected chi connectivity index (χ0v) is 13.6. The topological polar surface area (TPSA) is 130 Å². The molecule has 0 unspecified atom stereocenters. The maximum atomic E-state index is 12.4. The molecular formula is C17H20N4O4. The second kappa shape index (κ2) is 7.35. The van der Waals surface area contributed by atoms with Gasteiger partial charge in [-0.1, -0.05) is 30.3 Å². The standard InChI is InChI=1S/C17H20N4O4/c18-13-14(20-17(24)21-15(13)22)16(23)19-11-7-4-8-12(11)25-9-10-5-2-1-3-6-10/h1-3,5-6,11-12H,4,7-9,18H2,(H,19,23)(H2,20,21,22,24)/t11-,12-/m1/s1. The van der Waals surface area contributed by atoms with E-state index >= 15 is 0 Å². The van der Waals surface area contributed by atoms with E-state index in [1.165, 1.54) is 0 Å². The minimum atomic E-state index is -0.780. The van der Waals surface area contributed by atoms with Crippen LogP contribution in [0, 0.1) is 0 Å². The van der Waals surface area contributed by atoms with Crippen LogP contribution in [0.2, 0.25) is 0 Å². The lowest BCUT2D eigenvalue weighted by Crippen LogP contribution is -2.43. The fourth-order valence-corrected chi connectivity index (χ4v) is 2.98. The number of nitrogens with one attached hydrogen (secondary N) is 3. The molecule has 2 aromatic rings. The average Bonchev–Trinajstić information content (AvgIpc) is 3.04. The first-order valence-electron chi connectivity index (χ1n) is 8.13. The van der Waals surface area contributed by atoms with Gasteiger partial charge in [-0.05, 0) is 24.8 Å². The van der Waals surface area contributed by atoms with Crippen molar-refractivity contribution in [3.63, 3.8) is 0 Å². The minimum absolute atomic E-state index is 0.126. The zero-order chi connectivity index (χ0) is 17.8. The maximum absolute atomic E-state index is 12.4. The lowest BCUT2D eigenvalue weighted by molar-refractivity contribution is 0.0271. The second-order valence-electron chi connectivity index (χ2n) is 6.04. The SMILES string of the molecule is Nc1c(C(=O)N[C@@H]2CCC[C@H]2OCc2ccccc2)[nH]c(=O)[nH]c1=O. The fraction of sp³-hybridized carbons (Fsp3) is 0.353. The highest BCUT2D eigenvalue weighted by Crippen LogP contribution is 2.23. The summed E-state index contributed by atoms with van der Waals surface area (Å²) in [5.74, 6) is -0.582. The number of carbonyl (C=O) groups excluding carboxylic acids is 1. The second-order valence-corrected chi connectivity index (χ2v) is 6.04. The van der Waals surface area contributed by atoms with Gasteiger partial charge in [-0.2, -0.15) is 0 Å². The van der Waals surface area contributed by atoms with Crippen molar-refractivity contribution in [3.8, 4) is 0 Å². The van der Waals surface area contributed by atoms with Crippen molar-refractivity contribution in [2.75, 3.05) is 5.73 Å². The van der Waals surface area contributed by atoms with Crippen molar-refractivity contribution in [1.82, 2.24) is 15.3 Å². The third kappa shape index (κ3) is 3.97. The van der Waals surface area contributed by atoms with Gasteiger partial charge in [-0.25, -0.2) is 4.79 Å².